The van der Waals surface area contributed by atoms with Crippen molar-refractivity contribution < 1.29 is 4.79 Å². The number of primary amides is 1. The summed E-state index contributed by atoms with van der Waals surface area (Å²) < 4.78 is 0. The van der Waals surface area contributed by atoms with Crippen LogP contribution in [0, 0.1) is 0 Å². The zero-order valence-corrected chi connectivity index (χ0v) is 5.22. The number of rotatable bonds is 2. The highest BCUT2D eigenvalue weighted by molar-refractivity contribution is 5.71. The van der Waals surface area contributed by atoms with Gasteiger partial charge in [-0.05, 0) is 13.3 Å². The average molecular weight is 115 g/mol. The van der Waals surface area contributed by atoms with Crippen LogP contribution in [0.5, 0.6) is 0 Å². The van der Waals surface area contributed by atoms with Crippen LogP contribution in [0.1, 0.15) is 20.3 Å². The smallest absolute Gasteiger partial charge is 0.333 e. The van der Waals surface area contributed by atoms with E-state index in [1.165, 1.54) is 0 Å². The van der Waals surface area contributed by atoms with Crippen molar-refractivity contribution in [2.24, 2.45) is 5.73 Å². The van der Waals surface area contributed by atoms with Crippen LogP contribution < -0.4 is 11.1 Å². The second-order valence-electron chi connectivity index (χ2n) is 1.72. The Morgan fingerprint density at radius 2 is 2.38 bits per heavy atom. The summed E-state index contributed by atoms with van der Waals surface area (Å²) in [6.07, 6.45) is 0.864. The summed E-state index contributed by atoms with van der Waals surface area (Å²) in [5, 5.41) is 3.53. The van der Waals surface area contributed by atoms with Crippen molar-refractivity contribution in [1.82, 2.24) is 5.32 Å². The van der Waals surface area contributed by atoms with E-state index in [9.17, 15) is 4.79 Å². The van der Waals surface area contributed by atoms with E-state index in [4.69, 9.17) is 5.73 Å². The van der Waals surface area contributed by atoms with Crippen molar-refractivity contribution in [3.8, 4) is 0 Å². The first-order valence-electron chi connectivity index (χ1n) is 2.67. The Kier molecular flexibility index (Phi) is 2.99. The van der Waals surface area contributed by atoms with Crippen LogP contribution in [0.15, 0.2) is 0 Å². The summed E-state index contributed by atoms with van der Waals surface area (Å²) in [5.41, 5.74) is 4.76. The molecule has 0 fully saturated rings. The molecule has 0 bridgehead atoms. The number of hydrogen-bond donors (Lipinski definition) is 1. The van der Waals surface area contributed by atoms with E-state index in [1.54, 1.807) is 0 Å². The molecule has 0 aromatic heterocycles. The second-order valence-corrected chi connectivity index (χ2v) is 1.72. The van der Waals surface area contributed by atoms with Gasteiger partial charge < -0.3 is 5.73 Å². The van der Waals surface area contributed by atoms with Crippen LogP contribution in [0.4, 0.5) is 4.79 Å². The lowest BCUT2D eigenvalue weighted by Gasteiger charge is -2.02. The molecule has 0 heterocycles. The summed E-state index contributed by atoms with van der Waals surface area (Å²) >= 11 is 0. The molecule has 2 N–H and O–H groups in total. The minimum atomic E-state index is -0.570. The lowest BCUT2D eigenvalue weighted by molar-refractivity contribution is 0.245. The van der Waals surface area contributed by atoms with Crippen LogP contribution in [0.3, 0.4) is 0 Å². The van der Waals surface area contributed by atoms with Crippen molar-refractivity contribution in [2.75, 3.05) is 0 Å². The zero-order valence-electron chi connectivity index (χ0n) is 5.22. The predicted octanol–water partition coefficient (Wildman–Crippen LogP) is 0.468. The average Bonchev–Trinajstić information content (AvgIpc) is 1.65. The Bertz CT molecular complexity index is 82.5. The molecular formula is C5H11N2O. The van der Waals surface area contributed by atoms with Gasteiger partial charge >= 0.3 is 6.03 Å². The Morgan fingerprint density at radius 3 is 2.50 bits per heavy atom. The quantitative estimate of drug-likeness (QED) is 0.558. The van der Waals surface area contributed by atoms with Crippen molar-refractivity contribution in [3.05, 3.63) is 0 Å². The fourth-order valence-electron chi connectivity index (χ4n) is 0.308. The van der Waals surface area contributed by atoms with Gasteiger partial charge in [0.15, 0.2) is 0 Å². The van der Waals surface area contributed by atoms with E-state index >= 15 is 0 Å². The maximum atomic E-state index is 10.0. The van der Waals surface area contributed by atoms with Crippen molar-refractivity contribution in [2.45, 2.75) is 26.3 Å². The van der Waals surface area contributed by atoms with E-state index in [-0.39, 0.29) is 6.04 Å². The Morgan fingerprint density at radius 1 is 1.88 bits per heavy atom. The monoisotopic (exact) mass is 115 g/mol. The lowest BCUT2D eigenvalue weighted by atomic mass is 10.3. The summed E-state index contributed by atoms with van der Waals surface area (Å²) in [6, 6.07) is -0.494. The summed E-state index contributed by atoms with van der Waals surface area (Å²) in [4.78, 5) is 10.0. The van der Waals surface area contributed by atoms with E-state index in [0.29, 0.717) is 0 Å². The number of carbonyl (C=O) groups excluding carboxylic acids is 1. The van der Waals surface area contributed by atoms with Gasteiger partial charge in [0.2, 0.25) is 0 Å². The van der Waals surface area contributed by atoms with Gasteiger partial charge in [0, 0.05) is 0 Å². The number of amides is 2. The van der Waals surface area contributed by atoms with Crippen LogP contribution in [-0.2, 0) is 0 Å². The molecule has 0 saturated heterocycles. The normalized spacial score (nSPS) is 12.8. The molecule has 3 heteroatoms. The number of urea groups is 1. The fraction of sp³-hybridized carbons (Fsp3) is 0.800. The summed E-state index contributed by atoms with van der Waals surface area (Å²) in [6.45, 7) is 3.81. The minimum absolute atomic E-state index is 0.0764. The van der Waals surface area contributed by atoms with Gasteiger partial charge in [-0.15, -0.1) is 0 Å². The molecule has 0 spiro atoms. The number of hydrogen-bond acceptors (Lipinski definition) is 1. The van der Waals surface area contributed by atoms with Crippen LogP contribution in [0.25, 0.3) is 0 Å². The number of nitrogens with zero attached hydrogens (tertiary/aromatic N) is 1. The molecule has 3 nitrogen and oxygen atoms in total. The molecule has 0 aliphatic heterocycles. The molecule has 8 heavy (non-hydrogen) atoms. The third kappa shape index (κ3) is 3.46. The zero-order chi connectivity index (χ0) is 6.57. The largest absolute Gasteiger partial charge is 0.350 e. The molecule has 0 saturated carbocycles. The van der Waals surface area contributed by atoms with E-state index in [0.717, 1.165) is 6.42 Å². The predicted molar refractivity (Wildman–Crippen MR) is 31.5 cm³/mol. The lowest BCUT2D eigenvalue weighted by Crippen LogP contribution is -2.29. The first kappa shape index (κ1) is 7.27. The van der Waals surface area contributed by atoms with E-state index < -0.39 is 6.03 Å². The molecule has 1 radical (unpaired) electrons. The highest BCUT2D eigenvalue weighted by atomic mass is 16.2. The number of nitrogens with two attached hydrogens (primary N) is 1. The van der Waals surface area contributed by atoms with Crippen LogP contribution in [0.2, 0.25) is 0 Å². The topological polar surface area (TPSA) is 57.2 Å². The molecule has 0 aliphatic carbocycles. The molecule has 1 unspecified atom stereocenters. The van der Waals surface area contributed by atoms with Gasteiger partial charge in [0.25, 0.3) is 0 Å². The third-order valence-corrected chi connectivity index (χ3v) is 0.938. The van der Waals surface area contributed by atoms with Crippen LogP contribution in [-0.4, -0.2) is 12.1 Å². The van der Waals surface area contributed by atoms with Gasteiger partial charge in [-0.2, -0.15) is 0 Å². The first-order valence-corrected chi connectivity index (χ1v) is 2.67. The SMILES string of the molecule is CCC(C)[N]C(N)=O. The molecule has 0 rings (SSSR count). The summed E-state index contributed by atoms with van der Waals surface area (Å²) in [7, 11) is 0. The maximum absolute atomic E-state index is 10.0. The highest BCUT2D eigenvalue weighted by Gasteiger charge is 2.00. The molecule has 2 amide bonds. The molecule has 0 aromatic rings. The first-order chi connectivity index (χ1) is 3.66. The highest BCUT2D eigenvalue weighted by Crippen LogP contribution is 1.87. The van der Waals surface area contributed by atoms with Gasteiger partial charge in [0.1, 0.15) is 0 Å². The van der Waals surface area contributed by atoms with Gasteiger partial charge in [-0.1, -0.05) is 6.92 Å². The summed E-state index contributed by atoms with van der Waals surface area (Å²) in [5.74, 6) is 0. The van der Waals surface area contributed by atoms with E-state index in [1.807, 2.05) is 13.8 Å². The van der Waals surface area contributed by atoms with Crippen molar-refractivity contribution >= 4 is 6.03 Å². The maximum Gasteiger partial charge on any atom is 0.333 e. The van der Waals surface area contributed by atoms with Crippen molar-refractivity contribution in [1.29, 1.82) is 0 Å². The standard InChI is InChI=1S/C5H11N2O/c1-3-4(2)7-5(6)8/h4H,3H2,1-2H3,(H2,6,8). The minimum Gasteiger partial charge on any atom is -0.350 e. The molecule has 47 valence electrons. The molecule has 1 atom stereocenters. The van der Waals surface area contributed by atoms with Gasteiger partial charge in [-0.25, -0.2) is 10.1 Å². The number of carbonyl (C=O) groups is 1. The second kappa shape index (κ2) is 3.29. The third-order valence-electron chi connectivity index (χ3n) is 0.938. The van der Waals surface area contributed by atoms with Gasteiger partial charge in [0.05, 0.1) is 6.04 Å². The van der Waals surface area contributed by atoms with E-state index in [2.05, 4.69) is 5.32 Å². The molecule has 0 aliphatic rings. The molecule has 0 aromatic carbocycles. The van der Waals surface area contributed by atoms with Crippen molar-refractivity contribution in [3.63, 3.8) is 0 Å². The van der Waals surface area contributed by atoms with Gasteiger partial charge in [-0.3, -0.25) is 0 Å². The Labute approximate surface area is 49.3 Å². The molecular weight excluding hydrogens is 104 g/mol. The fourth-order valence-corrected chi connectivity index (χ4v) is 0.308. The Hall–Kier alpha value is -0.730. The Balaban J connectivity index is 3.24. The van der Waals surface area contributed by atoms with Crippen LogP contribution >= 0.6 is 0 Å².